The van der Waals surface area contributed by atoms with Crippen molar-refractivity contribution in [3.05, 3.63) is 41.0 Å². The number of fused-ring (bicyclic) bond motifs is 1. The van der Waals surface area contributed by atoms with Gasteiger partial charge in [0.15, 0.2) is 0 Å². The first kappa shape index (κ1) is 14.8. The second kappa shape index (κ2) is 6.30. The summed E-state index contributed by atoms with van der Waals surface area (Å²) in [5.41, 5.74) is 1.99. The van der Waals surface area contributed by atoms with Crippen molar-refractivity contribution in [1.82, 2.24) is 14.8 Å². The average Bonchev–Trinajstić information content (AvgIpc) is 2.85. The van der Waals surface area contributed by atoms with Crippen LogP contribution in [0.1, 0.15) is 18.5 Å². The monoisotopic (exact) mass is 303 g/mol. The molecule has 3 nitrogen and oxygen atoms in total. The maximum Gasteiger partial charge on any atom is 0.0891 e. The van der Waals surface area contributed by atoms with Crippen molar-refractivity contribution in [2.45, 2.75) is 25.4 Å². The third kappa shape index (κ3) is 3.37. The van der Waals surface area contributed by atoms with Gasteiger partial charge in [-0.05, 0) is 45.6 Å². The highest BCUT2D eigenvalue weighted by molar-refractivity contribution is 6.35. The number of hydrogen-bond acceptors (Lipinski definition) is 3. The summed E-state index contributed by atoms with van der Waals surface area (Å²) >= 11 is 6.24. The van der Waals surface area contributed by atoms with Gasteiger partial charge in [-0.2, -0.15) is 0 Å². The Morgan fingerprint density at radius 3 is 2.95 bits per heavy atom. The molecule has 0 bridgehead atoms. The predicted octanol–water partition coefficient (Wildman–Crippen LogP) is 3.41. The van der Waals surface area contributed by atoms with Crippen molar-refractivity contribution in [3.63, 3.8) is 0 Å². The van der Waals surface area contributed by atoms with Gasteiger partial charge < -0.3 is 4.90 Å². The predicted molar refractivity (Wildman–Crippen MR) is 88.7 cm³/mol. The summed E-state index contributed by atoms with van der Waals surface area (Å²) in [6.07, 6.45) is 2.62. The quantitative estimate of drug-likeness (QED) is 0.863. The molecule has 21 heavy (non-hydrogen) atoms. The van der Waals surface area contributed by atoms with Crippen molar-refractivity contribution >= 4 is 22.5 Å². The molecule has 1 aromatic carbocycles. The lowest BCUT2D eigenvalue weighted by Crippen LogP contribution is -2.36. The summed E-state index contributed by atoms with van der Waals surface area (Å²) in [4.78, 5) is 9.54. The SMILES string of the molecule is CN(Cc1ccc2cccc(Cl)c2n1)C[C@H]1CCCN1C. The highest BCUT2D eigenvalue weighted by Crippen LogP contribution is 2.22. The molecule has 0 spiro atoms. The van der Waals surface area contributed by atoms with E-state index >= 15 is 0 Å². The fourth-order valence-electron chi connectivity index (χ4n) is 3.15. The van der Waals surface area contributed by atoms with Crippen LogP contribution in [0.25, 0.3) is 10.9 Å². The first-order valence-electron chi connectivity index (χ1n) is 7.56. The molecule has 2 aromatic rings. The van der Waals surface area contributed by atoms with Gasteiger partial charge in [0.1, 0.15) is 0 Å². The number of hydrogen-bond donors (Lipinski definition) is 0. The van der Waals surface area contributed by atoms with E-state index in [-0.39, 0.29) is 0 Å². The number of benzene rings is 1. The van der Waals surface area contributed by atoms with Crippen LogP contribution in [0.5, 0.6) is 0 Å². The van der Waals surface area contributed by atoms with Gasteiger partial charge in [-0.1, -0.05) is 29.8 Å². The number of aromatic nitrogens is 1. The van der Waals surface area contributed by atoms with Crippen LogP contribution in [0.2, 0.25) is 5.02 Å². The van der Waals surface area contributed by atoms with Crippen LogP contribution in [0.3, 0.4) is 0 Å². The Labute approximate surface area is 131 Å². The molecule has 1 atom stereocenters. The molecule has 0 N–H and O–H groups in total. The number of halogens is 1. The Bertz CT molecular complexity index is 628. The number of para-hydroxylation sites is 1. The second-order valence-electron chi connectivity index (χ2n) is 6.09. The van der Waals surface area contributed by atoms with E-state index in [1.807, 2.05) is 12.1 Å². The fourth-order valence-corrected chi connectivity index (χ4v) is 3.37. The van der Waals surface area contributed by atoms with Gasteiger partial charge in [0.2, 0.25) is 0 Å². The van der Waals surface area contributed by atoms with E-state index in [2.05, 4.69) is 42.1 Å². The summed E-state index contributed by atoms with van der Waals surface area (Å²) in [5, 5.41) is 1.83. The molecule has 1 saturated heterocycles. The molecule has 1 aromatic heterocycles. The molecular formula is C17H22ClN3. The molecule has 1 aliphatic rings. The first-order chi connectivity index (χ1) is 10.1. The van der Waals surface area contributed by atoms with E-state index in [0.717, 1.165) is 34.7 Å². The van der Waals surface area contributed by atoms with E-state index in [1.54, 1.807) is 0 Å². The zero-order valence-electron chi connectivity index (χ0n) is 12.7. The van der Waals surface area contributed by atoms with E-state index in [9.17, 15) is 0 Å². The van der Waals surface area contributed by atoms with Crippen LogP contribution in [-0.2, 0) is 6.54 Å². The Morgan fingerprint density at radius 2 is 2.19 bits per heavy atom. The molecule has 2 heterocycles. The molecule has 4 heteroatoms. The lowest BCUT2D eigenvalue weighted by Gasteiger charge is -2.25. The second-order valence-corrected chi connectivity index (χ2v) is 6.49. The van der Waals surface area contributed by atoms with E-state index in [4.69, 9.17) is 16.6 Å². The van der Waals surface area contributed by atoms with Crippen LogP contribution >= 0.6 is 11.6 Å². The highest BCUT2D eigenvalue weighted by atomic mass is 35.5. The summed E-state index contributed by atoms with van der Waals surface area (Å²) in [6.45, 7) is 3.19. The van der Waals surface area contributed by atoms with E-state index in [0.29, 0.717) is 6.04 Å². The van der Waals surface area contributed by atoms with Crippen LogP contribution < -0.4 is 0 Å². The molecule has 0 amide bonds. The Hall–Kier alpha value is -1.16. The minimum Gasteiger partial charge on any atom is -0.302 e. The normalized spacial score (nSPS) is 19.7. The van der Waals surface area contributed by atoms with Crippen LogP contribution in [-0.4, -0.2) is 48.0 Å². The number of rotatable bonds is 4. The lowest BCUT2D eigenvalue weighted by molar-refractivity contribution is 0.214. The van der Waals surface area contributed by atoms with E-state index < -0.39 is 0 Å². The van der Waals surface area contributed by atoms with Gasteiger partial charge in [-0.25, -0.2) is 4.98 Å². The zero-order valence-corrected chi connectivity index (χ0v) is 13.5. The summed E-state index contributed by atoms with van der Waals surface area (Å²) in [5.74, 6) is 0. The average molecular weight is 304 g/mol. The van der Waals surface area contributed by atoms with Crippen molar-refractivity contribution in [2.24, 2.45) is 0 Å². The summed E-state index contributed by atoms with van der Waals surface area (Å²) in [6, 6.07) is 10.8. The van der Waals surface area contributed by atoms with Crippen LogP contribution in [0.15, 0.2) is 30.3 Å². The molecule has 0 aliphatic carbocycles. The Morgan fingerprint density at radius 1 is 1.33 bits per heavy atom. The third-order valence-corrected chi connectivity index (χ3v) is 4.66. The summed E-state index contributed by atoms with van der Waals surface area (Å²) in [7, 11) is 4.39. The first-order valence-corrected chi connectivity index (χ1v) is 7.94. The van der Waals surface area contributed by atoms with Gasteiger partial charge in [0, 0.05) is 24.5 Å². The highest BCUT2D eigenvalue weighted by Gasteiger charge is 2.22. The van der Waals surface area contributed by atoms with Crippen molar-refractivity contribution < 1.29 is 0 Å². The van der Waals surface area contributed by atoms with Crippen LogP contribution in [0, 0.1) is 0 Å². The van der Waals surface area contributed by atoms with Crippen molar-refractivity contribution in [2.75, 3.05) is 27.2 Å². The number of likely N-dealkylation sites (N-methyl/N-ethyl adjacent to an activating group) is 2. The van der Waals surface area contributed by atoms with Gasteiger partial charge in [0.25, 0.3) is 0 Å². The maximum atomic E-state index is 6.24. The number of nitrogens with zero attached hydrogens (tertiary/aromatic N) is 3. The largest absolute Gasteiger partial charge is 0.302 e. The van der Waals surface area contributed by atoms with E-state index in [1.165, 1.54) is 19.4 Å². The Balaban J connectivity index is 1.71. The molecule has 0 unspecified atom stereocenters. The third-order valence-electron chi connectivity index (χ3n) is 4.35. The Kier molecular flexibility index (Phi) is 4.43. The maximum absolute atomic E-state index is 6.24. The van der Waals surface area contributed by atoms with Gasteiger partial charge in [-0.15, -0.1) is 0 Å². The number of likely N-dealkylation sites (tertiary alicyclic amines) is 1. The molecular weight excluding hydrogens is 282 g/mol. The van der Waals surface area contributed by atoms with Crippen molar-refractivity contribution in [3.8, 4) is 0 Å². The molecule has 1 fully saturated rings. The van der Waals surface area contributed by atoms with Crippen LogP contribution in [0.4, 0.5) is 0 Å². The molecule has 0 radical (unpaired) electrons. The fraction of sp³-hybridized carbons (Fsp3) is 0.471. The smallest absolute Gasteiger partial charge is 0.0891 e. The van der Waals surface area contributed by atoms with Gasteiger partial charge in [-0.3, -0.25) is 4.90 Å². The topological polar surface area (TPSA) is 19.4 Å². The lowest BCUT2D eigenvalue weighted by atomic mass is 10.2. The number of pyridine rings is 1. The van der Waals surface area contributed by atoms with Gasteiger partial charge in [0.05, 0.1) is 16.2 Å². The standard InChI is InChI=1S/C17H22ClN3/c1-20(12-15-6-4-10-21(15)2)11-14-9-8-13-5-3-7-16(18)17(13)19-14/h3,5,7-9,15H,4,6,10-12H2,1-2H3/t15-/m1/s1. The molecule has 3 rings (SSSR count). The zero-order chi connectivity index (χ0) is 14.8. The van der Waals surface area contributed by atoms with Crippen molar-refractivity contribution in [1.29, 1.82) is 0 Å². The molecule has 112 valence electrons. The minimum atomic E-state index is 0.680. The van der Waals surface area contributed by atoms with Gasteiger partial charge >= 0.3 is 0 Å². The molecule has 1 aliphatic heterocycles. The molecule has 0 saturated carbocycles. The summed E-state index contributed by atoms with van der Waals surface area (Å²) < 4.78 is 0. The minimum absolute atomic E-state index is 0.680.